The first-order valence-corrected chi connectivity index (χ1v) is 8.31. The van der Waals surface area contributed by atoms with E-state index in [-0.39, 0.29) is 5.91 Å². The van der Waals surface area contributed by atoms with Crippen molar-refractivity contribution < 1.29 is 9.21 Å². The van der Waals surface area contributed by atoms with Gasteiger partial charge < -0.3 is 15.1 Å². The van der Waals surface area contributed by atoms with Crippen LogP contribution in [0.15, 0.2) is 40.8 Å². The van der Waals surface area contributed by atoms with Gasteiger partial charge >= 0.3 is 0 Å². The van der Waals surface area contributed by atoms with Crippen LogP contribution in [0.25, 0.3) is 11.1 Å². The maximum absolute atomic E-state index is 12.7. The molecular weight excluding hydrogens is 302 g/mol. The van der Waals surface area contributed by atoms with Crippen molar-refractivity contribution in [2.24, 2.45) is 0 Å². The van der Waals surface area contributed by atoms with Gasteiger partial charge in [-0.25, -0.2) is 4.98 Å². The van der Waals surface area contributed by atoms with Crippen LogP contribution in [0, 0.1) is 0 Å². The molecule has 0 radical (unpaired) electrons. The number of anilines is 2. The number of nitrogens with zero attached hydrogens (tertiary/aromatic N) is 1. The van der Waals surface area contributed by atoms with Crippen LogP contribution < -0.4 is 10.6 Å². The summed E-state index contributed by atoms with van der Waals surface area (Å²) < 4.78 is 5.60. The number of oxazole rings is 1. The monoisotopic (exact) mass is 321 g/mol. The topological polar surface area (TPSA) is 67.2 Å². The smallest absolute Gasteiger partial charge is 0.256 e. The van der Waals surface area contributed by atoms with Crippen LogP contribution in [0.2, 0.25) is 0 Å². The summed E-state index contributed by atoms with van der Waals surface area (Å²) >= 11 is 0. The zero-order valence-electron chi connectivity index (χ0n) is 13.6. The maximum atomic E-state index is 12.7. The number of aryl methyl sites for hydroxylation is 1. The lowest BCUT2D eigenvalue weighted by molar-refractivity contribution is 0.102. The van der Waals surface area contributed by atoms with E-state index in [0.29, 0.717) is 5.89 Å². The van der Waals surface area contributed by atoms with E-state index in [1.165, 1.54) is 0 Å². The number of amides is 1. The Morgan fingerprint density at radius 2 is 2.25 bits per heavy atom. The van der Waals surface area contributed by atoms with E-state index in [0.717, 1.165) is 59.4 Å². The average molecular weight is 321 g/mol. The molecule has 1 aromatic heterocycles. The summed E-state index contributed by atoms with van der Waals surface area (Å²) in [6, 6.07) is 11.4. The predicted octanol–water partition coefficient (Wildman–Crippen LogP) is 4.00. The summed E-state index contributed by atoms with van der Waals surface area (Å²) in [5.74, 6) is 0.616. The highest BCUT2D eigenvalue weighted by Gasteiger charge is 2.17. The van der Waals surface area contributed by atoms with E-state index in [1.54, 1.807) is 0 Å². The molecule has 0 bridgehead atoms. The summed E-state index contributed by atoms with van der Waals surface area (Å²) in [4.78, 5) is 17.1. The molecular formula is C19H19N3O2. The minimum absolute atomic E-state index is 0.0888. The summed E-state index contributed by atoms with van der Waals surface area (Å²) in [7, 11) is 0. The van der Waals surface area contributed by atoms with Crippen LogP contribution in [-0.4, -0.2) is 17.4 Å². The molecule has 0 fully saturated rings. The van der Waals surface area contributed by atoms with Crippen molar-refractivity contribution in [1.82, 2.24) is 4.98 Å². The molecule has 0 saturated heterocycles. The molecule has 0 saturated carbocycles. The SMILES string of the molecule is CCc1nc2cc(NC(=O)c3cccc4c3CCCN4)ccc2o1. The van der Waals surface area contributed by atoms with Gasteiger partial charge in [0.15, 0.2) is 11.5 Å². The second-order valence-electron chi connectivity index (χ2n) is 5.96. The molecule has 5 heteroatoms. The Kier molecular flexibility index (Phi) is 3.69. The van der Waals surface area contributed by atoms with Gasteiger partial charge in [-0.1, -0.05) is 13.0 Å². The Hall–Kier alpha value is -2.82. The van der Waals surface area contributed by atoms with Crippen LogP contribution in [0.4, 0.5) is 11.4 Å². The van der Waals surface area contributed by atoms with Crippen molar-refractivity contribution in [1.29, 1.82) is 0 Å². The van der Waals surface area contributed by atoms with Crippen molar-refractivity contribution >= 4 is 28.4 Å². The number of rotatable bonds is 3. The first-order valence-electron chi connectivity index (χ1n) is 8.31. The van der Waals surface area contributed by atoms with Gasteiger partial charge in [-0.05, 0) is 48.7 Å². The Bertz CT molecular complexity index is 914. The maximum Gasteiger partial charge on any atom is 0.256 e. The van der Waals surface area contributed by atoms with E-state index in [1.807, 2.05) is 43.3 Å². The third-order valence-corrected chi connectivity index (χ3v) is 4.33. The van der Waals surface area contributed by atoms with Crippen molar-refractivity contribution in [2.75, 3.05) is 17.2 Å². The molecule has 0 spiro atoms. The number of aromatic nitrogens is 1. The number of fused-ring (bicyclic) bond motifs is 2. The number of carbonyl (C=O) groups is 1. The van der Waals surface area contributed by atoms with Crippen LogP contribution in [-0.2, 0) is 12.8 Å². The Morgan fingerprint density at radius 3 is 3.12 bits per heavy atom. The third-order valence-electron chi connectivity index (χ3n) is 4.33. The van der Waals surface area contributed by atoms with Gasteiger partial charge in [-0.3, -0.25) is 4.79 Å². The first-order chi connectivity index (χ1) is 11.7. The van der Waals surface area contributed by atoms with Gasteiger partial charge in [0.25, 0.3) is 5.91 Å². The van der Waals surface area contributed by atoms with Gasteiger partial charge in [0.05, 0.1) is 0 Å². The molecule has 24 heavy (non-hydrogen) atoms. The minimum atomic E-state index is -0.0888. The molecule has 0 unspecified atom stereocenters. The van der Waals surface area contributed by atoms with Gasteiger partial charge in [0.2, 0.25) is 0 Å². The lowest BCUT2D eigenvalue weighted by Gasteiger charge is -2.20. The third kappa shape index (κ3) is 2.62. The summed E-state index contributed by atoms with van der Waals surface area (Å²) in [5.41, 5.74) is 5.12. The van der Waals surface area contributed by atoms with Gasteiger partial charge in [-0.2, -0.15) is 0 Å². The lowest BCUT2D eigenvalue weighted by atomic mass is 9.97. The molecule has 3 aromatic rings. The fraction of sp³-hybridized carbons (Fsp3) is 0.263. The predicted molar refractivity (Wildman–Crippen MR) is 94.6 cm³/mol. The largest absolute Gasteiger partial charge is 0.441 e. The van der Waals surface area contributed by atoms with Crippen LogP contribution in [0.3, 0.4) is 0 Å². The highest BCUT2D eigenvalue weighted by atomic mass is 16.3. The van der Waals surface area contributed by atoms with E-state index >= 15 is 0 Å². The molecule has 1 aliphatic heterocycles. The first kappa shape index (κ1) is 14.8. The molecule has 1 aliphatic rings. The normalized spacial score (nSPS) is 13.4. The second kappa shape index (κ2) is 6.00. The van der Waals surface area contributed by atoms with Gasteiger partial charge in [-0.15, -0.1) is 0 Å². The summed E-state index contributed by atoms with van der Waals surface area (Å²) in [6.45, 7) is 2.96. The zero-order valence-corrected chi connectivity index (χ0v) is 13.6. The standard InChI is InChI=1S/C19H19N3O2/c1-2-18-22-16-11-12(8-9-17(16)24-18)21-19(23)14-5-3-7-15-13(14)6-4-10-20-15/h3,5,7-9,11,20H,2,4,6,10H2,1H3,(H,21,23). The fourth-order valence-electron chi connectivity index (χ4n) is 3.13. The highest BCUT2D eigenvalue weighted by molar-refractivity contribution is 6.06. The quantitative estimate of drug-likeness (QED) is 0.765. The second-order valence-corrected chi connectivity index (χ2v) is 5.96. The Morgan fingerprint density at radius 1 is 1.33 bits per heavy atom. The van der Waals surface area contributed by atoms with Crippen molar-refractivity contribution in [3.05, 3.63) is 53.4 Å². The highest BCUT2D eigenvalue weighted by Crippen LogP contribution is 2.26. The molecule has 0 aliphatic carbocycles. The van der Waals surface area contributed by atoms with Crippen LogP contribution in [0.5, 0.6) is 0 Å². The van der Waals surface area contributed by atoms with E-state index < -0.39 is 0 Å². The lowest BCUT2D eigenvalue weighted by Crippen LogP contribution is -2.19. The van der Waals surface area contributed by atoms with Crippen LogP contribution >= 0.6 is 0 Å². The summed E-state index contributed by atoms with van der Waals surface area (Å²) in [6.07, 6.45) is 2.72. The molecule has 4 rings (SSSR count). The summed E-state index contributed by atoms with van der Waals surface area (Å²) in [5, 5.41) is 6.33. The molecule has 0 atom stereocenters. The number of hydrogen-bond donors (Lipinski definition) is 2. The number of benzene rings is 2. The van der Waals surface area contributed by atoms with Gasteiger partial charge in [0.1, 0.15) is 5.52 Å². The molecule has 1 amide bonds. The van der Waals surface area contributed by atoms with E-state index in [4.69, 9.17) is 4.42 Å². The fourth-order valence-corrected chi connectivity index (χ4v) is 3.13. The molecule has 5 nitrogen and oxygen atoms in total. The zero-order chi connectivity index (χ0) is 16.5. The van der Waals surface area contributed by atoms with Crippen molar-refractivity contribution in [2.45, 2.75) is 26.2 Å². The number of nitrogens with one attached hydrogen (secondary N) is 2. The molecule has 2 heterocycles. The minimum Gasteiger partial charge on any atom is -0.441 e. The van der Waals surface area contributed by atoms with Crippen molar-refractivity contribution in [3.63, 3.8) is 0 Å². The van der Waals surface area contributed by atoms with Crippen LogP contribution in [0.1, 0.15) is 35.2 Å². The molecule has 122 valence electrons. The molecule has 2 aromatic carbocycles. The Labute approximate surface area is 140 Å². The molecule has 2 N–H and O–H groups in total. The van der Waals surface area contributed by atoms with E-state index in [2.05, 4.69) is 15.6 Å². The van der Waals surface area contributed by atoms with Crippen molar-refractivity contribution in [3.8, 4) is 0 Å². The van der Waals surface area contributed by atoms with Gasteiger partial charge in [0, 0.05) is 29.9 Å². The average Bonchev–Trinajstić information content (AvgIpc) is 3.03. The Balaban J connectivity index is 1.62. The number of carbonyl (C=O) groups excluding carboxylic acids is 1. The number of hydrogen-bond acceptors (Lipinski definition) is 4. The van der Waals surface area contributed by atoms with E-state index in [9.17, 15) is 4.79 Å².